The van der Waals surface area contributed by atoms with Gasteiger partial charge >= 0.3 is 163 Å². The standard InChI is InChI=1S/C23H37IO2/c1-16(25)23(26)12-9-20-18-7-6-17-10-14-24(4,5)15-13-21(17,2)19(18)8-11-22(20,23)3/h10,15,18-20,26H,6-9,11-14H2,1-5H3/t18-,19?,20?,21+,22+,23+/m1/s1. The minimum atomic E-state index is -1.64. The number of aliphatic hydroxyl groups is 1. The van der Waals surface area contributed by atoms with E-state index in [1.54, 1.807) is 12.5 Å². The third-order valence-electron chi connectivity index (χ3n) is 9.11. The zero-order valence-corrected chi connectivity index (χ0v) is 19.4. The Balaban J connectivity index is 1.70. The van der Waals surface area contributed by atoms with Crippen LogP contribution in [0.15, 0.2) is 11.6 Å². The van der Waals surface area contributed by atoms with Crippen LogP contribution < -0.4 is 0 Å². The Morgan fingerprint density at radius 1 is 1.15 bits per heavy atom. The van der Waals surface area contributed by atoms with Crippen molar-refractivity contribution in [2.45, 2.75) is 71.3 Å². The molecule has 0 radical (unpaired) electrons. The molecule has 3 saturated carbocycles. The van der Waals surface area contributed by atoms with Crippen LogP contribution in [0, 0.1) is 28.6 Å². The van der Waals surface area contributed by atoms with Crippen LogP contribution in [0.2, 0.25) is 0 Å². The molecule has 6 atom stereocenters. The molecule has 4 rings (SSSR count). The van der Waals surface area contributed by atoms with Crippen LogP contribution in [0.1, 0.15) is 65.7 Å². The number of hydrogen-bond acceptors (Lipinski definition) is 2. The molecule has 0 spiro atoms. The van der Waals surface area contributed by atoms with Crippen molar-refractivity contribution in [1.82, 2.24) is 0 Å². The summed E-state index contributed by atoms with van der Waals surface area (Å²) in [5.41, 5.74) is 0.792. The summed E-state index contributed by atoms with van der Waals surface area (Å²) >= 11 is -1.64. The van der Waals surface area contributed by atoms with Crippen LogP contribution >= 0.6 is 18.0 Å². The first-order chi connectivity index (χ1) is 12.0. The van der Waals surface area contributed by atoms with Crippen LogP contribution in [-0.4, -0.2) is 34.8 Å². The molecule has 26 heavy (non-hydrogen) atoms. The summed E-state index contributed by atoms with van der Waals surface area (Å²) in [7, 11) is 0. The van der Waals surface area contributed by atoms with Crippen molar-refractivity contribution in [3.05, 3.63) is 11.6 Å². The van der Waals surface area contributed by atoms with Gasteiger partial charge in [0.2, 0.25) is 0 Å². The Labute approximate surface area is 163 Å². The minimum absolute atomic E-state index is 0.000816. The summed E-state index contributed by atoms with van der Waals surface area (Å²) in [5.74, 6) is 1.94. The molecule has 3 aliphatic carbocycles. The Kier molecular flexibility index (Phi) is 4.44. The van der Waals surface area contributed by atoms with E-state index in [2.05, 4.69) is 33.8 Å². The van der Waals surface area contributed by atoms with Gasteiger partial charge in [-0.05, 0) is 0 Å². The predicted octanol–water partition coefficient (Wildman–Crippen LogP) is 4.98. The number of carbonyl (C=O) groups is 1. The van der Waals surface area contributed by atoms with Crippen molar-refractivity contribution < 1.29 is 9.90 Å². The number of carbonyl (C=O) groups excluding carboxylic acids is 1. The van der Waals surface area contributed by atoms with Gasteiger partial charge in [0.05, 0.1) is 0 Å². The maximum atomic E-state index is 12.3. The molecule has 1 heterocycles. The molecule has 148 valence electrons. The Morgan fingerprint density at radius 3 is 2.54 bits per heavy atom. The number of alkyl halides is 3. The van der Waals surface area contributed by atoms with E-state index in [0.717, 1.165) is 18.8 Å². The third-order valence-corrected chi connectivity index (χ3v) is 14.6. The van der Waals surface area contributed by atoms with Crippen molar-refractivity contribution in [2.75, 3.05) is 14.3 Å². The summed E-state index contributed by atoms with van der Waals surface area (Å²) in [6.07, 6.45) is 10.3. The zero-order chi connectivity index (χ0) is 19.0. The first kappa shape index (κ1) is 19.3. The molecular formula is C23H37IO2. The molecule has 4 aliphatic rings. The quantitative estimate of drug-likeness (QED) is 0.332. The van der Waals surface area contributed by atoms with Gasteiger partial charge in [0.1, 0.15) is 0 Å². The second-order valence-corrected chi connectivity index (χ2v) is 20.8. The average molecular weight is 472 g/mol. The number of Topliss-reactive ketones (excluding diaryl/α,β-unsaturated/α-hetero) is 1. The van der Waals surface area contributed by atoms with Gasteiger partial charge in [0.15, 0.2) is 0 Å². The molecule has 0 aromatic heterocycles. The maximum absolute atomic E-state index is 12.3. The Hall–Kier alpha value is -0.0300. The van der Waals surface area contributed by atoms with Crippen molar-refractivity contribution >= 4 is 27.8 Å². The summed E-state index contributed by atoms with van der Waals surface area (Å²) in [5, 5.41) is 11.3. The number of allylic oxidation sites excluding steroid dienone is 2. The second kappa shape index (κ2) is 5.98. The van der Waals surface area contributed by atoms with E-state index in [9.17, 15) is 9.90 Å². The van der Waals surface area contributed by atoms with Crippen molar-refractivity contribution in [1.29, 1.82) is 0 Å². The second-order valence-electron chi connectivity index (χ2n) is 10.5. The number of fused-ring (bicyclic) bond motifs is 5. The van der Waals surface area contributed by atoms with E-state index in [4.69, 9.17) is 0 Å². The van der Waals surface area contributed by atoms with E-state index >= 15 is 0 Å². The molecule has 2 unspecified atom stereocenters. The van der Waals surface area contributed by atoms with E-state index < -0.39 is 23.6 Å². The molecule has 0 aromatic rings. The summed E-state index contributed by atoms with van der Waals surface area (Å²) in [4.78, 5) is 17.4. The van der Waals surface area contributed by atoms with Gasteiger partial charge in [-0.3, -0.25) is 0 Å². The van der Waals surface area contributed by atoms with E-state index in [0.29, 0.717) is 23.7 Å². The first-order valence-corrected chi connectivity index (χ1v) is 17.5. The summed E-state index contributed by atoms with van der Waals surface area (Å²) in [6.45, 7) is 6.38. The van der Waals surface area contributed by atoms with Gasteiger partial charge in [-0.25, -0.2) is 0 Å². The normalized spacial score (nSPS) is 51.0. The fourth-order valence-electron chi connectivity index (χ4n) is 7.26. The Morgan fingerprint density at radius 2 is 1.85 bits per heavy atom. The van der Waals surface area contributed by atoms with Gasteiger partial charge in [-0.1, -0.05) is 0 Å². The molecule has 0 aromatic carbocycles. The van der Waals surface area contributed by atoms with Gasteiger partial charge in [0.25, 0.3) is 0 Å². The SMILES string of the molecule is CC(=O)[C@@]1(O)CCC2[C@@H]3CCC4=CCI(C)(C)=CC[C@]4(C)C3CC[C@@]21C. The zero-order valence-electron chi connectivity index (χ0n) is 17.3. The first-order valence-electron chi connectivity index (χ1n) is 10.4. The van der Waals surface area contributed by atoms with Crippen LogP contribution in [0.25, 0.3) is 0 Å². The molecular weight excluding hydrogens is 435 g/mol. The van der Waals surface area contributed by atoms with Crippen LogP contribution in [0.5, 0.6) is 0 Å². The molecule has 0 bridgehead atoms. The number of halogens is 1. The molecule has 3 heteroatoms. The molecule has 1 N–H and O–H groups in total. The van der Waals surface area contributed by atoms with E-state index in [1.807, 2.05) is 0 Å². The fraction of sp³-hybridized carbons (Fsp3) is 0.826. The van der Waals surface area contributed by atoms with Crippen molar-refractivity contribution in [3.8, 4) is 0 Å². The van der Waals surface area contributed by atoms with E-state index in [-0.39, 0.29) is 11.2 Å². The topological polar surface area (TPSA) is 37.3 Å². The van der Waals surface area contributed by atoms with Crippen LogP contribution in [0.4, 0.5) is 0 Å². The fourth-order valence-corrected chi connectivity index (χ4v) is 11.4. The molecule has 0 amide bonds. The molecule has 1 aliphatic heterocycles. The van der Waals surface area contributed by atoms with Gasteiger partial charge in [-0.2, -0.15) is 0 Å². The number of ketones is 1. The summed E-state index contributed by atoms with van der Waals surface area (Å²) < 4.78 is 4.10. The number of hydrogen-bond donors (Lipinski definition) is 1. The van der Waals surface area contributed by atoms with Gasteiger partial charge in [-0.15, -0.1) is 0 Å². The summed E-state index contributed by atoms with van der Waals surface area (Å²) in [6, 6.07) is 0. The monoisotopic (exact) mass is 472 g/mol. The van der Waals surface area contributed by atoms with Crippen molar-refractivity contribution in [2.24, 2.45) is 28.6 Å². The Bertz CT molecular complexity index is 716. The van der Waals surface area contributed by atoms with E-state index in [1.165, 1.54) is 30.1 Å². The number of rotatable bonds is 1. The van der Waals surface area contributed by atoms with Crippen LogP contribution in [0.3, 0.4) is 0 Å². The molecule has 3 fully saturated rings. The van der Waals surface area contributed by atoms with Crippen molar-refractivity contribution in [3.63, 3.8) is 0 Å². The average Bonchev–Trinajstić information content (AvgIpc) is 2.78. The molecule has 0 saturated heterocycles. The third kappa shape index (κ3) is 2.51. The van der Waals surface area contributed by atoms with Crippen LogP contribution in [-0.2, 0) is 4.79 Å². The van der Waals surface area contributed by atoms with Gasteiger partial charge in [0, 0.05) is 0 Å². The predicted molar refractivity (Wildman–Crippen MR) is 120 cm³/mol. The molecule has 2 nitrogen and oxygen atoms in total. The van der Waals surface area contributed by atoms with Gasteiger partial charge < -0.3 is 0 Å².